The number of carbonyl (C=O) groups excluding carboxylic acids is 1. The van der Waals surface area contributed by atoms with Crippen molar-refractivity contribution in [2.24, 2.45) is 5.92 Å². The maximum Gasteiger partial charge on any atom is 0.310 e. The van der Waals surface area contributed by atoms with Gasteiger partial charge in [-0.2, -0.15) is 0 Å². The highest BCUT2D eigenvalue weighted by molar-refractivity contribution is 5.85. The summed E-state index contributed by atoms with van der Waals surface area (Å²) < 4.78 is 5.77. The van der Waals surface area contributed by atoms with E-state index in [0.29, 0.717) is 18.4 Å². The Labute approximate surface area is 152 Å². The van der Waals surface area contributed by atoms with Gasteiger partial charge in [-0.05, 0) is 32.8 Å². The number of likely N-dealkylation sites (tertiary alicyclic amines) is 1. The normalized spacial score (nSPS) is 23.9. The minimum absolute atomic E-state index is 0. The largest absolute Gasteiger partial charge is 0.462 e. The van der Waals surface area contributed by atoms with Crippen LogP contribution in [0.25, 0.3) is 0 Å². The van der Waals surface area contributed by atoms with Crippen LogP contribution in [0.4, 0.5) is 0 Å². The van der Waals surface area contributed by atoms with Gasteiger partial charge < -0.3 is 4.74 Å². The summed E-state index contributed by atoms with van der Waals surface area (Å²) in [5, 5.41) is 0. The Bertz CT molecular complexity index is 540. The zero-order chi connectivity index (χ0) is 16.8. The average molecular weight is 352 g/mol. The third-order valence-electron chi connectivity index (χ3n) is 4.56. The Hall–Kier alpha value is -1.32. The lowest BCUT2D eigenvalue weighted by Gasteiger charge is -2.40. The molecule has 134 valence electrons. The highest BCUT2D eigenvalue weighted by atomic mass is 35.5. The summed E-state index contributed by atoms with van der Waals surface area (Å²) in [4.78, 5) is 14.7. The van der Waals surface area contributed by atoms with Crippen molar-refractivity contribution in [3.05, 3.63) is 47.5 Å². The number of benzene rings is 1. The molecule has 24 heavy (non-hydrogen) atoms. The fourth-order valence-electron chi connectivity index (χ4n) is 3.08. The van der Waals surface area contributed by atoms with E-state index in [4.69, 9.17) is 4.74 Å². The number of hydrogen-bond donors (Lipinski definition) is 0. The van der Waals surface area contributed by atoms with Crippen LogP contribution in [-0.2, 0) is 16.0 Å². The number of piperidine rings is 1. The quantitative estimate of drug-likeness (QED) is 0.586. The summed E-state index contributed by atoms with van der Waals surface area (Å²) in [6, 6.07) is 10.2. The van der Waals surface area contributed by atoms with Crippen LogP contribution in [0.5, 0.6) is 0 Å². The molecule has 0 aromatic heterocycles. The fraction of sp³-hybridized carbons (Fsp3) is 0.550. The van der Waals surface area contributed by atoms with Gasteiger partial charge in [0, 0.05) is 25.0 Å². The van der Waals surface area contributed by atoms with Gasteiger partial charge in [0.1, 0.15) is 6.10 Å². The Balaban J connectivity index is 0.00000288. The molecule has 3 unspecified atom stereocenters. The Morgan fingerprint density at radius 2 is 1.92 bits per heavy atom. The van der Waals surface area contributed by atoms with Crippen LogP contribution in [0, 0.1) is 5.92 Å². The predicted octanol–water partition coefficient (Wildman–Crippen LogP) is 4.26. The van der Waals surface area contributed by atoms with E-state index in [9.17, 15) is 4.79 Å². The predicted molar refractivity (Wildman–Crippen MR) is 102 cm³/mol. The molecule has 0 saturated carbocycles. The minimum atomic E-state index is -0.113. The molecule has 1 saturated heterocycles. The molecule has 1 aromatic rings. The van der Waals surface area contributed by atoms with Crippen molar-refractivity contribution in [3.8, 4) is 0 Å². The molecule has 3 nitrogen and oxygen atoms in total. The zero-order valence-electron chi connectivity index (χ0n) is 15.2. The first kappa shape index (κ1) is 20.7. The number of ether oxygens (including phenoxy) is 1. The van der Waals surface area contributed by atoms with Crippen LogP contribution in [0.3, 0.4) is 0 Å². The summed E-state index contributed by atoms with van der Waals surface area (Å²) in [5.41, 5.74) is 2.36. The smallest absolute Gasteiger partial charge is 0.310 e. The lowest BCUT2D eigenvalue weighted by Crippen LogP contribution is -2.48. The molecule has 0 radical (unpaired) electrons. The van der Waals surface area contributed by atoms with Crippen molar-refractivity contribution in [1.82, 2.24) is 4.90 Å². The average Bonchev–Trinajstić information content (AvgIpc) is 2.50. The summed E-state index contributed by atoms with van der Waals surface area (Å²) in [7, 11) is 0. The van der Waals surface area contributed by atoms with E-state index in [1.807, 2.05) is 30.3 Å². The second-order valence-corrected chi connectivity index (χ2v) is 6.99. The Morgan fingerprint density at radius 1 is 1.25 bits per heavy atom. The van der Waals surface area contributed by atoms with E-state index in [2.05, 4.69) is 38.7 Å². The van der Waals surface area contributed by atoms with E-state index < -0.39 is 0 Å². The molecule has 0 aliphatic carbocycles. The van der Waals surface area contributed by atoms with Crippen LogP contribution in [0.15, 0.2) is 42.0 Å². The lowest BCUT2D eigenvalue weighted by molar-refractivity contribution is -0.154. The summed E-state index contributed by atoms with van der Waals surface area (Å²) in [6.45, 7) is 10.6. The molecule has 1 aliphatic rings. The molecule has 3 atom stereocenters. The first-order valence-corrected chi connectivity index (χ1v) is 8.56. The van der Waals surface area contributed by atoms with Gasteiger partial charge in [0.25, 0.3) is 0 Å². The van der Waals surface area contributed by atoms with E-state index in [-0.39, 0.29) is 24.5 Å². The fourth-order valence-corrected chi connectivity index (χ4v) is 3.08. The molecule has 1 aromatic carbocycles. The van der Waals surface area contributed by atoms with Gasteiger partial charge in [-0.25, -0.2) is 0 Å². The van der Waals surface area contributed by atoms with Gasteiger partial charge in [-0.15, -0.1) is 12.4 Å². The number of hydrogen-bond acceptors (Lipinski definition) is 3. The first-order chi connectivity index (χ1) is 11.0. The van der Waals surface area contributed by atoms with E-state index >= 15 is 0 Å². The first-order valence-electron chi connectivity index (χ1n) is 8.56. The molecule has 0 bridgehead atoms. The highest BCUT2D eigenvalue weighted by Gasteiger charge is 2.32. The molecule has 4 heteroatoms. The summed E-state index contributed by atoms with van der Waals surface area (Å²) in [6.07, 6.45) is 3.58. The lowest BCUT2D eigenvalue weighted by atomic mass is 9.91. The maximum absolute atomic E-state index is 12.2. The molecule has 1 aliphatic heterocycles. The number of allylic oxidation sites excluding steroid dienone is 1. The van der Waals surface area contributed by atoms with Crippen molar-refractivity contribution in [2.75, 3.05) is 13.1 Å². The number of carbonyl (C=O) groups is 1. The van der Waals surface area contributed by atoms with Crippen molar-refractivity contribution in [3.63, 3.8) is 0 Å². The topological polar surface area (TPSA) is 29.5 Å². The molecular weight excluding hydrogens is 322 g/mol. The Morgan fingerprint density at radius 3 is 2.54 bits per heavy atom. The molecule has 1 heterocycles. The van der Waals surface area contributed by atoms with Crippen molar-refractivity contribution >= 4 is 18.4 Å². The second kappa shape index (κ2) is 9.85. The number of rotatable bonds is 5. The molecule has 0 spiro atoms. The number of nitrogens with zero attached hydrogens (tertiary/aromatic N) is 1. The number of esters is 1. The number of halogens is 1. The van der Waals surface area contributed by atoms with E-state index in [0.717, 1.165) is 25.1 Å². The van der Waals surface area contributed by atoms with E-state index in [1.54, 1.807) is 0 Å². The van der Waals surface area contributed by atoms with Gasteiger partial charge in [0.2, 0.25) is 0 Å². The third kappa shape index (κ3) is 6.29. The van der Waals surface area contributed by atoms with Gasteiger partial charge in [-0.1, -0.05) is 48.9 Å². The van der Waals surface area contributed by atoms with Crippen molar-refractivity contribution in [1.29, 1.82) is 0 Å². The third-order valence-corrected chi connectivity index (χ3v) is 4.56. The minimum Gasteiger partial charge on any atom is -0.462 e. The van der Waals surface area contributed by atoms with E-state index in [1.165, 1.54) is 5.57 Å². The zero-order valence-corrected chi connectivity index (χ0v) is 16.0. The Kier molecular flexibility index (Phi) is 8.51. The highest BCUT2D eigenvalue weighted by Crippen LogP contribution is 2.25. The van der Waals surface area contributed by atoms with Crippen LogP contribution in [0.2, 0.25) is 0 Å². The van der Waals surface area contributed by atoms with Crippen LogP contribution < -0.4 is 0 Å². The molecule has 2 rings (SSSR count). The maximum atomic E-state index is 12.2. The van der Waals surface area contributed by atoms with Crippen LogP contribution >= 0.6 is 12.4 Å². The van der Waals surface area contributed by atoms with Gasteiger partial charge in [0.05, 0.1) is 6.42 Å². The SMILES string of the molecule is CC(C)=CCN1CC(C)C(OC(=O)Cc2ccccc2)CC1C.Cl. The van der Waals surface area contributed by atoms with Gasteiger partial charge in [0.15, 0.2) is 0 Å². The van der Waals surface area contributed by atoms with Crippen LogP contribution in [-0.4, -0.2) is 36.1 Å². The molecule has 0 amide bonds. The van der Waals surface area contributed by atoms with Gasteiger partial charge in [-0.3, -0.25) is 9.69 Å². The molecule has 0 N–H and O–H groups in total. The van der Waals surface area contributed by atoms with Gasteiger partial charge >= 0.3 is 5.97 Å². The van der Waals surface area contributed by atoms with Crippen LogP contribution in [0.1, 0.15) is 39.7 Å². The van der Waals surface area contributed by atoms with Crippen molar-refractivity contribution < 1.29 is 9.53 Å². The monoisotopic (exact) mass is 351 g/mol. The molecule has 1 fully saturated rings. The summed E-state index contributed by atoms with van der Waals surface area (Å²) >= 11 is 0. The molecular formula is C20H30ClNO2. The van der Waals surface area contributed by atoms with Crippen molar-refractivity contribution in [2.45, 2.75) is 52.7 Å². The summed E-state index contributed by atoms with van der Waals surface area (Å²) in [5.74, 6) is 0.259. The standard InChI is InChI=1S/C20H29NO2.ClH/c1-15(2)10-11-21-14-16(3)19(12-17(21)4)23-20(22)13-18-8-6-5-7-9-18;/h5-10,16-17,19H,11-14H2,1-4H3;1H. The second-order valence-electron chi connectivity index (χ2n) is 6.99.